The molecular weight excluding hydrogens is 1130 g/mol. The number of ether oxygens (including phenoxy) is 6. The minimum absolute atomic E-state index is 0.234. The van der Waals surface area contributed by atoms with Crippen LogP contribution in [0.15, 0.2) is 109 Å². The lowest BCUT2D eigenvalue weighted by Crippen LogP contribution is -2.66. The van der Waals surface area contributed by atoms with Crippen LogP contribution in [0.5, 0.6) is 0 Å². The summed E-state index contributed by atoms with van der Waals surface area (Å²) < 4.78 is 34.0. The maximum absolute atomic E-state index is 13.2. The average molecular weight is 1250 g/mol. The molecule has 88 heavy (non-hydrogen) atoms. The number of carbonyl (C=O) groups is 1. The zero-order valence-electron chi connectivity index (χ0n) is 52.9. The molecule has 0 aromatic rings. The van der Waals surface area contributed by atoms with E-state index in [1.807, 2.05) is 13.0 Å². The molecule has 3 fully saturated rings. The summed E-state index contributed by atoms with van der Waals surface area (Å²) in [6.45, 7) is 1.41. The lowest BCUT2D eigenvalue weighted by molar-refractivity contribution is -0.379. The average Bonchev–Trinajstić information content (AvgIpc) is 1.13. The van der Waals surface area contributed by atoms with E-state index in [4.69, 9.17) is 28.4 Å². The van der Waals surface area contributed by atoms with E-state index in [9.17, 15) is 61.0 Å². The van der Waals surface area contributed by atoms with E-state index in [1.54, 1.807) is 6.08 Å². The highest BCUT2D eigenvalue weighted by molar-refractivity contribution is 5.76. The van der Waals surface area contributed by atoms with Crippen LogP contribution in [0.1, 0.15) is 187 Å². The quantitative estimate of drug-likeness (QED) is 0.0204. The first-order chi connectivity index (χ1) is 42.8. The van der Waals surface area contributed by atoms with Crippen LogP contribution < -0.4 is 5.32 Å². The zero-order valence-corrected chi connectivity index (χ0v) is 52.9. The number of carbonyl (C=O) groups excluding carboxylic acids is 1. The topological polar surface area (TPSA) is 307 Å². The maximum Gasteiger partial charge on any atom is 0.220 e. The van der Waals surface area contributed by atoms with Crippen molar-refractivity contribution in [1.82, 2.24) is 5.32 Å². The van der Waals surface area contributed by atoms with Gasteiger partial charge < -0.3 is 89.9 Å². The highest BCUT2D eigenvalue weighted by atomic mass is 16.8. The van der Waals surface area contributed by atoms with E-state index in [-0.39, 0.29) is 18.9 Å². The molecule has 3 rings (SSSR count). The lowest BCUT2D eigenvalue weighted by Gasteiger charge is -2.48. The first-order valence-corrected chi connectivity index (χ1v) is 33.1. The second-order valence-electron chi connectivity index (χ2n) is 23.2. The van der Waals surface area contributed by atoms with Crippen molar-refractivity contribution in [2.75, 3.05) is 26.4 Å². The summed E-state index contributed by atoms with van der Waals surface area (Å²) in [5.41, 5.74) is 0. The molecule has 19 heteroatoms. The summed E-state index contributed by atoms with van der Waals surface area (Å²) in [4.78, 5) is 13.2. The summed E-state index contributed by atoms with van der Waals surface area (Å²) in [7, 11) is 0. The fourth-order valence-corrected chi connectivity index (χ4v) is 10.4. The Kier molecular flexibility index (Phi) is 44.8. The van der Waals surface area contributed by atoms with Gasteiger partial charge >= 0.3 is 0 Å². The molecule has 504 valence electrons. The highest BCUT2D eigenvalue weighted by Crippen LogP contribution is 2.33. The first kappa shape index (κ1) is 78.7. The molecular formula is C69H115NO18. The summed E-state index contributed by atoms with van der Waals surface area (Å²) in [6, 6.07) is -0.974. The van der Waals surface area contributed by atoms with Crippen molar-refractivity contribution in [3.05, 3.63) is 109 Å². The number of aliphatic hydroxyl groups is 11. The number of hydrogen-bond acceptors (Lipinski definition) is 18. The molecule has 17 unspecified atom stereocenters. The van der Waals surface area contributed by atoms with Gasteiger partial charge in [-0.2, -0.15) is 0 Å². The van der Waals surface area contributed by atoms with Gasteiger partial charge in [0.2, 0.25) is 5.91 Å². The minimum Gasteiger partial charge on any atom is -0.394 e. The Morgan fingerprint density at radius 1 is 0.420 bits per heavy atom. The van der Waals surface area contributed by atoms with Crippen LogP contribution >= 0.6 is 0 Å². The van der Waals surface area contributed by atoms with E-state index >= 15 is 0 Å². The number of nitrogens with one attached hydrogen (secondary N) is 1. The van der Waals surface area contributed by atoms with Gasteiger partial charge in [-0.25, -0.2) is 0 Å². The summed E-state index contributed by atoms with van der Waals surface area (Å²) in [5, 5.41) is 119. The van der Waals surface area contributed by atoms with E-state index < -0.39 is 124 Å². The van der Waals surface area contributed by atoms with Crippen molar-refractivity contribution in [3.63, 3.8) is 0 Å². The molecule has 17 atom stereocenters. The van der Waals surface area contributed by atoms with E-state index in [0.717, 1.165) is 89.9 Å². The van der Waals surface area contributed by atoms with Gasteiger partial charge in [0.05, 0.1) is 38.6 Å². The lowest BCUT2D eigenvalue weighted by atomic mass is 9.96. The number of unbranched alkanes of at least 4 members (excludes halogenated alkanes) is 16. The second kappa shape index (κ2) is 50.1. The van der Waals surface area contributed by atoms with Crippen LogP contribution in [-0.4, -0.2) is 193 Å². The zero-order chi connectivity index (χ0) is 64.0. The number of hydrogen-bond donors (Lipinski definition) is 12. The van der Waals surface area contributed by atoms with Gasteiger partial charge in [-0.15, -0.1) is 0 Å². The van der Waals surface area contributed by atoms with E-state index in [2.05, 4.69) is 109 Å². The maximum atomic E-state index is 13.2. The molecule has 3 aliphatic rings. The third-order valence-electron chi connectivity index (χ3n) is 15.8. The third kappa shape index (κ3) is 32.1. The largest absolute Gasteiger partial charge is 0.394 e. The summed E-state index contributed by atoms with van der Waals surface area (Å²) in [6.07, 6.45) is 40.6. The molecule has 3 heterocycles. The van der Waals surface area contributed by atoms with Crippen LogP contribution in [0.2, 0.25) is 0 Å². The van der Waals surface area contributed by atoms with Crippen molar-refractivity contribution in [3.8, 4) is 0 Å². The normalized spacial score (nSPS) is 29.1. The van der Waals surface area contributed by atoms with Gasteiger partial charge in [0.15, 0.2) is 18.9 Å². The highest BCUT2D eigenvalue weighted by Gasteiger charge is 2.53. The molecule has 0 radical (unpaired) electrons. The first-order valence-electron chi connectivity index (χ1n) is 33.1. The molecule has 1 amide bonds. The molecule has 0 spiro atoms. The number of rotatable bonds is 48. The molecule has 0 aromatic carbocycles. The van der Waals surface area contributed by atoms with Crippen molar-refractivity contribution >= 4 is 5.91 Å². The van der Waals surface area contributed by atoms with Gasteiger partial charge in [-0.05, 0) is 77.0 Å². The molecule has 0 aliphatic carbocycles. The predicted octanol–water partition coefficient (Wildman–Crippen LogP) is 7.88. The fourth-order valence-electron chi connectivity index (χ4n) is 10.4. The summed E-state index contributed by atoms with van der Waals surface area (Å²) in [5.74, 6) is -0.291. The number of aliphatic hydroxyl groups excluding tert-OH is 11. The van der Waals surface area contributed by atoms with Crippen molar-refractivity contribution in [2.24, 2.45) is 0 Å². The summed E-state index contributed by atoms with van der Waals surface area (Å²) >= 11 is 0. The minimum atomic E-state index is -1.98. The van der Waals surface area contributed by atoms with E-state index in [0.29, 0.717) is 12.8 Å². The molecule has 19 nitrogen and oxygen atoms in total. The SMILES string of the molecule is CC/C=C\C/C=C\C/C=C\C/C=C\C/C=C\C/C=C\C/C=C\C/C=C\CCCCCCCCCCCCCCCCC(=O)NC(COC1OC(CO)C(OC2OC(CO)C(OC3OC(CO)C(O)C(O)C3O)C(O)C2O)C(O)C1O)C(O)/C=C/CCCC. The Morgan fingerprint density at radius 2 is 0.784 bits per heavy atom. The number of amides is 1. The molecule has 12 N–H and O–H groups in total. The predicted molar refractivity (Wildman–Crippen MR) is 341 cm³/mol. The van der Waals surface area contributed by atoms with Gasteiger partial charge in [-0.1, -0.05) is 213 Å². The van der Waals surface area contributed by atoms with Crippen LogP contribution in [0.3, 0.4) is 0 Å². The third-order valence-corrected chi connectivity index (χ3v) is 15.8. The second-order valence-corrected chi connectivity index (χ2v) is 23.2. The van der Waals surface area contributed by atoms with Gasteiger partial charge in [0.1, 0.15) is 73.2 Å². The van der Waals surface area contributed by atoms with E-state index in [1.165, 1.54) is 64.2 Å². The van der Waals surface area contributed by atoms with Crippen molar-refractivity contribution in [2.45, 2.75) is 291 Å². The van der Waals surface area contributed by atoms with Crippen LogP contribution in [0.25, 0.3) is 0 Å². The van der Waals surface area contributed by atoms with Gasteiger partial charge in [0.25, 0.3) is 0 Å². The molecule has 0 saturated carbocycles. The Hall–Kier alpha value is -3.55. The molecule has 3 aliphatic heterocycles. The Balaban J connectivity index is 1.24. The standard InChI is InChI=1S/C69H115NO18/c1-3-5-7-9-10-11-12-13-14-15-16-17-18-19-20-21-22-23-24-25-26-27-28-29-30-31-32-33-34-35-36-37-38-39-40-41-42-43-45-47-57(75)70-52(53(74)46-44-8-6-4-2)51-83-67-63(81)60(78)65(55(49-72)85-67)88-69-64(82)61(79)66(56(50-73)86-69)87-68-62(80)59(77)58(76)54(48-71)84-68/h5,7,10-11,13-14,16-17,19-20,22-23,25-26,28-29,44,46,52-56,58-69,71-74,76-82H,3-4,6,8-9,12,15,18,21,24,27,30-43,45,47-51H2,1-2H3,(H,70,75)/b7-5-,11-10-,14-13-,17-16-,20-19-,23-22-,26-25-,29-28-,46-44+. The Labute approximate surface area is 525 Å². The Bertz CT molecular complexity index is 2020. The van der Waals surface area contributed by atoms with Crippen LogP contribution in [-0.2, 0) is 33.2 Å². The fraction of sp³-hybridized carbons (Fsp3) is 0.725. The van der Waals surface area contributed by atoms with Crippen LogP contribution in [0, 0.1) is 0 Å². The van der Waals surface area contributed by atoms with Crippen molar-refractivity contribution in [1.29, 1.82) is 0 Å². The molecule has 0 bridgehead atoms. The monoisotopic (exact) mass is 1250 g/mol. The smallest absolute Gasteiger partial charge is 0.220 e. The van der Waals surface area contributed by atoms with Gasteiger partial charge in [-0.3, -0.25) is 4.79 Å². The van der Waals surface area contributed by atoms with Crippen LogP contribution in [0.4, 0.5) is 0 Å². The molecule has 3 saturated heterocycles. The number of allylic oxidation sites excluding steroid dienone is 17. The Morgan fingerprint density at radius 3 is 1.22 bits per heavy atom. The van der Waals surface area contributed by atoms with Gasteiger partial charge in [0, 0.05) is 6.42 Å². The molecule has 0 aromatic heterocycles. The van der Waals surface area contributed by atoms with Crippen molar-refractivity contribution < 1.29 is 89.4 Å².